The van der Waals surface area contributed by atoms with Gasteiger partial charge in [-0.1, -0.05) is 19.1 Å². The van der Waals surface area contributed by atoms with Crippen molar-refractivity contribution in [2.24, 2.45) is 0 Å². The summed E-state index contributed by atoms with van der Waals surface area (Å²) in [7, 11) is 0. The molecule has 0 saturated carbocycles. The van der Waals surface area contributed by atoms with E-state index in [0.717, 1.165) is 29.8 Å². The quantitative estimate of drug-likeness (QED) is 0.482. The number of hydrogen-bond acceptors (Lipinski definition) is 4. The highest BCUT2D eigenvalue weighted by molar-refractivity contribution is 5.66. The van der Waals surface area contributed by atoms with Crippen LogP contribution in [0.25, 0.3) is 11.3 Å². The van der Waals surface area contributed by atoms with Gasteiger partial charge in [-0.15, -0.1) is 0 Å². The molecule has 0 aliphatic carbocycles. The minimum atomic E-state index is -0.357. The van der Waals surface area contributed by atoms with Crippen LogP contribution in [0.4, 0.5) is 5.69 Å². The van der Waals surface area contributed by atoms with Crippen molar-refractivity contribution in [3.63, 3.8) is 0 Å². The normalized spacial score (nSPS) is 10.7. The Morgan fingerprint density at radius 2 is 2.25 bits per heavy atom. The molecule has 0 spiro atoms. The van der Waals surface area contributed by atoms with Crippen molar-refractivity contribution in [3.8, 4) is 11.3 Å². The minimum Gasteiger partial charge on any atom is -0.313 e. The Hall–Kier alpha value is -2.21. The molecule has 0 bridgehead atoms. The average Bonchev–Trinajstić information content (AvgIpc) is 2.88. The van der Waals surface area contributed by atoms with Gasteiger partial charge in [0.1, 0.15) is 0 Å². The summed E-state index contributed by atoms with van der Waals surface area (Å²) in [5, 5.41) is 21.3. The average molecular weight is 274 g/mol. The molecule has 0 aliphatic rings. The predicted octanol–water partition coefficient (Wildman–Crippen LogP) is 2.79. The van der Waals surface area contributed by atoms with Gasteiger partial charge in [0.2, 0.25) is 0 Å². The van der Waals surface area contributed by atoms with Gasteiger partial charge in [0.05, 0.1) is 16.8 Å². The lowest BCUT2D eigenvalue weighted by Gasteiger charge is -2.05. The zero-order valence-corrected chi connectivity index (χ0v) is 11.6. The monoisotopic (exact) mass is 274 g/mol. The highest BCUT2D eigenvalue weighted by atomic mass is 16.6. The van der Waals surface area contributed by atoms with E-state index in [1.165, 1.54) is 0 Å². The molecule has 2 aromatic rings. The molecule has 2 rings (SSSR count). The van der Waals surface area contributed by atoms with Gasteiger partial charge >= 0.3 is 0 Å². The highest BCUT2D eigenvalue weighted by Gasteiger charge is 2.14. The summed E-state index contributed by atoms with van der Waals surface area (Å²) in [6.45, 7) is 5.46. The van der Waals surface area contributed by atoms with Crippen molar-refractivity contribution < 1.29 is 4.92 Å². The molecule has 1 aromatic heterocycles. The first-order chi connectivity index (χ1) is 9.63. The van der Waals surface area contributed by atoms with Crippen LogP contribution < -0.4 is 5.32 Å². The Morgan fingerprint density at radius 3 is 2.95 bits per heavy atom. The van der Waals surface area contributed by atoms with Crippen molar-refractivity contribution in [2.45, 2.75) is 26.8 Å². The molecule has 1 aromatic carbocycles. The van der Waals surface area contributed by atoms with Crippen LogP contribution in [-0.4, -0.2) is 21.7 Å². The lowest BCUT2D eigenvalue weighted by molar-refractivity contribution is -0.385. The number of rotatable bonds is 6. The number of aromatic nitrogens is 2. The standard InChI is InChI=1S/C14H18N4O2/c1-3-6-15-8-12-9-16-17-14(12)11-5-4-10(2)13(7-11)18(19)20/h4-5,7,9,15H,3,6,8H2,1-2H3,(H,16,17). The second-order valence-electron chi connectivity index (χ2n) is 4.71. The molecule has 6 heteroatoms. The van der Waals surface area contributed by atoms with E-state index >= 15 is 0 Å². The Labute approximate surface area is 117 Å². The maximum atomic E-state index is 11.0. The fourth-order valence-electron chi connectivity index (χ4n) is 2.06. The van der Waals surface area contributed by atoms with E-state index in [9.17, 15) is 10.1 Å². The van der Waals surface area contributed by atoms with Crippen LogP contribution >= 0.6 is 0 Å². The van der Waals surface area contributed by atoms with Crippen LogP contribution in [-0.2, 0) is 6.54 Å². The first-order valence-corrected chi connectivity index (χ1v) is 6.62. The van der Waals surface area contributed by atoms with Crippen LogP contribution in [0.1, 0.15) is 24.5 Å². The van der Waals surface area contributed by atoms with Crippen molar-refractivity contribution in [3.05, 3.63) is 45.6 Å². The SMILES string of the molecule is CCCNCc1cn[nH]c1-c1ccc(C)c([N+](=O)[O-])c1. The first-order valence-electron chi connectivity index (χ1n) is 6.62. The summed E-state index contributed by atoms with van der Waals surface area (Å²) < 4.78 is 0. The lowest BCUT2D eigenvalue weighted by atomic mass is 10.0. The van der Waals surface area contributed by atoms with E-state index < -0.39 is 0 Å². The first kappa shape index (κ1) is 14.2. The summed E-state index contributed by atoms with van der Waals surface area (Å²) in [6.07, 6.45) is 2.81. The summed E-state index contributed by atoms with van der Waals surface area (Å²) in [5.74, 6) is 0. The van der Waals surface area contributed by atoms with Gasteiger partial charge in [-0.05, 0) is 19.9 Å². The maximum Gasteiger partial charge on any atom is 0.272 e. The van der Waals surface area contributed by atoms with Crippen LogP contribution in [0.15, 0.2) is 24.4 Å². The number of nitrogens with one attached hydrogen (secondary N) is 2. The smallest absolute Gasteiger partial charge is 0.272 e. The molecule has 0 fully saturated rings. The third kappa shape index (κ3) is 3.03. The van der Waals surface area contributed by atoms with Crippen LogP contribution in [0, 0.1) is 17.0 Å². The van der Waals surface area contributed by atoms with E-state index in [-0.39, 0.29) is 10.6 Å². The molecule has 1 heterocycles. The highest BCUT2D eigenvalue weighted by Crippen LogP contribution is 2.27. The number of benzene rings is 1. The molecule has 20 heavy (non-hydrogen) atoms. The molecule has 106 valence electrons. The second-order valence-corrected chi connectivity index (χ2v) is 4.71. The van der Waals surface area contributed by atoms with E-state index in [2.05, 4.69) is 22.4 Å². The number of hydrogen-bond donors (Lipinski definition) is 2. The van der Waals surface area contributed by atoms with E-state index in [4.69, 9.17) is 0 Å². The summed E-state index contributed by atoms with van der Waals surface area (Å²) in [6, 6.07) is 5.23. The van der Waals surface area contributed by atoms with Crippen molar-refractivity contribution in [1.82, 2.24) is 15.5 Å². The molecule has 0 amide bonds. The fraction of sp³-hybridized carbons (Fsp3) is 0.357. The minimum absolute atomic E-state index is 0.129. The number of H-pyrrole nitrogens is 1. The molecular weight excluding hydrogens is 256 g/mol. The molecular formula is C14H18N4O2. The molecule has 0 radical (unpaired) electrons. The Bertz CT molecular complexity index is 607. The molecule has 2 N–H and O–H groups in total. The number of nitrogens with zero attached hydrogens (tertiary/aromatic N) is 2. The predicted molar refractivity (Wildman–Crippen MR) is 77.4 cm³/mol. The zero-order chi connectivity index (χ0) is 14.5. The molecule has 0 saturated heterocycles. The Kier molecular flexibility index (Phi) is 4.47. The molecule has 0 aliphatic heterocycles. The van der Waals surface area contributed by atoms with Gasteiger partial charge in [-0.3, -0.25) is 15.2 Å². The van der Waals surface area contributed by atoms with Crippen LogP contribution in [0.2, 0.25) is 0 Å². The zero-order valence-electron chi connectivity index (χ0n) is 11.6. The molecule has 0 unspecified atom stereocenters. The fourth-order valence-corrected chi connectivity index (χ4v) is 2.06. The van der Waals surface area contributed by atoms with Crippen molar-refractivity contribution >= 4 is 5.69 Å². The second kappa shape index (κ2) is 6.29. The number of aromatic amines is 1. The van der Waals surface area contributed by atoms with Gasteiger partial charge in [0.25, 0.3) is 5.69 Å². The topological polar surface area (TPSA) is 83.8 Å². The number of aryl methyl sites for hydroxylation is 1. The van der Waals surface area contributed by atoms with Crippen LogP contribution in [0.3, 0.4) is 0 Å². The third-order valence-electron chi connectivity index (χ3n) is 3.15. The van der Waals surface area contributed by atoms with Gasteiger partial charge < -0.3 is 5.32 Å². The maximum absolute atomic E-state index is 11.0. The third-order valence-corrected chi connectivity index (χ3v) is 3.15. The van der Waals surface area contributed by atoms with Crippen LogP contribution in [0.5, 0.6) is 0 Å². The largest absolute Gasteiger partial charge is 0.313 e. The summed E-state index contributed by atoms with van der Waals surface area (Å²) in [5.41, 5.74) is 3.41. The summed E-state index contributed by atoms with van der Waals surface area (Å²) >= 11 is 0. The molecule has 6 nitrogen and oxygen atoms in total. The van der Waals surface area contributed by atoms with Gasteiger partial charge in [0, 0.05) is 29.3 Å². The molecule has 0 atom stereocenters. The summed E-state index contributed by atoms with van der Waals surface area (Å²) in [4.78, 5) is 10.6. The van der Waals surface area contributed by atoms with Gasteiger partial charge in [-0.2, -0.15) is 5.10 Å². The van der Waals surface area contributed by atoms with Gasteiger partial charge in [0.15, 0.2) is 0 Å². The van der Waals surface area contributed by atoms with Crippen molar-refractivity contribution in [2.75, 3.05) is 6.54 Å². The van der Waals surface area contributed by atoms with E-state index in [1.54, 1.807) is 25.3 Å². The number of nitro groups is 1. The Balaban J connectivity index is 2.30. The van der Waals surface area contributed by atoms with Gasteiger partial charge in [-0.25, -0.2) is 0 Å². The van der Waals surface area contributed by atoms with E-state index in [1.807, 2.05) is 6.07 Å². The Morgan fingerprint density at radius 1 is 1.45 bits per heavy atom. The van der Waals surface area contributed by atoms with Crippen molar-refractivity contribution in [1.29, 1.82) is 0 Å². The van der Waals surface area contributed by atoms with E-state index in [0.29, 0.717) is 12.1 Å². The lowest BCUT2D eigenvalue weighted by Crippen LogP contribution is -2.13. The number of nitro benzene ring substituents is 1.